The summed E-state index contributed by atoms with van der Waals surface area (Å²) in [5.41, 5.74) is 15.8. The molecule has 0 aromatic rings. The predicted octanol–water partition coefficient (Wildman–Crippen LogP) is -3.24. The van der Waals surface area contributed by atoms with Gasteiger partial charge in [-0.25, -0.2) is 4.79 Å². The summed E-state index contributed by atoms with van der Waals surface area (Å²) in [6.07, 6.45) is -1.30. The summed E-state index contributed by atoms with van der Waals surface area (Å²) in [5, 5.41) is 31.0. The largest absolute Gasteiger partial charge is 0.481 e. The maximum Gasteiger partial charge on any atom is 0.326 e. The van der Waals surface area contributed by atoms with Gasteiger partial charge in [-0.1, -0.05) is 0 Å². The molecule has 0 aromatic carbocycles. The number of nitrogens with two attached hydrogens (primary N) is 3. The standard InChI is InChI=1S/C15H26N6O8/c16-7(3-4-10(22)23)12(26)21-9(6-11(24)25)13(27)20-8(14(28)29)2-1-5-19-15(17)18/h7-9H,1-6,16H2,(H,20,27)(H,21,26)(H,22,23)(H,24,25)(H,28,29)(H4,17,18,19). The molecule has 14 heteroatoms. The lowest BCUT2D eigenvalue weighted by Crippen LogP contribution is -2.55. The molecule has 0 aliphatic carbocycles. The molecule has 0 bridgehead atoms. The fourth-order valence-electron chi connectivity index (χ4n) is 2.11. The summed E-state index contributed by atoms with van der Waals surface area (Å²) in [4.78, 5) is 60.8. The Morgan fingerprint density at radius 1 is 0.862 bits per heavy atom. The minimum Gasteiger partial charge on any atom is -0.481 e. The Labute approximate surface area is 165 Å². The molecule has 164 valence electrons. The van der Waals surface area contributed by atoms with Crippen LogP contribution in [-0.2, 0) is 24.0 Å². The van der Waals surface area contributed by atoms with Gasteiger partial charge < -0.3 is 43.2 Å². The van der Waals surface area contributed by atoms with E-state index in [0.717, 1.165) is 0 Å². The summed E-state index contributed by atoms with van der Waals surface area (Å²) in [6.45, 7) is 0.121. The van der Waals surface area contributed by atoms with E-state index in [1.165, 1.54) is 0 Å². The first-order valence-electron chi connectivity index (χ1n) is 8.52. The second kappa shape index (κ2) is 12.9. The molecule has 3 atom stereocenters. The summed E-state index contributed by atoms with van der Waals surface area (Å²) >= 11 is 0. The second-order valence-electron chi connectivity index (χ2n) is 6.05. The Morgan fingerprint density at radius 3 is 1.93 bits per heavy atom. The van der Waals surface area contributed by atoms with Gasteiger partial charge in [0.2, 0.25) is 11.8 Å². The van der Waals surface area contributed by atoms with Gasteiger partial charge in [-0.3, -0.25) is 24.2 Å². The van der Waals surface area contributed by atoms with E-state index in [0.29, 0.717) is 0 Å². The number of amides is 2. The van der Waals surface area contributed by atoms with Crippen LogP contribution in [-0.4, -0.2) is 75.7 Å². The third-order valence-electron chi connectivity index (χ3n) is 3.58. The van der Waals surface area contributed by atoms with Gasteiger partial charge in [-0.15, -0.1) is 0 Å². The fraction of sp³-hybridized carbons (Fsp3) is 0.600. The number of guanidine groups is 1. The van der Waals surface area contributed by atoms with Crippen LogP contribution in [0, 0.1) is 0 Å². The van der Waals surface area contributed by atoms with Gasteiger partial charge in [-0.05, 0) is 19.3 Å². The number of carbonyl (C=O) groups is 5. The molecule has 0 spiro atoms. The number of nitrogens with one attached hydrogen (secondary N) is 2. The highest BCUT2D eigenvalue weighted by Crippen LogP contribution is 2.03. The Kier molecular flexibility index (Phi) is 11.4. The normalized spacial score (nSPS) is 13.4. The molecule has 14 nitrogen and oxygen atoms in total. The molecule has 0 aromatic heterocycles. The number of nitrogens with zero attached hydrogens (tertiary/aromatic N) is 1. The monoisotopic (exact) mass is 418 g/mol. The number of aliphatic carboxylic acids is 3. The Morgan fingerprint density at radius 2 is 1.45 bits per heavy atom. The molecule has 0 rings (SSSR count). The summed E-state index contributed by atoms with van der Waals surface area (Å²) in [5.74, 6) is -6.14. The van der Waals surface area contributed by atoms with E-state index in [9.17, 15) is 29.1 Å². The molecule has 0 aliphatic heterocycles. The van der Waals surface area contributed by atoms with Crippen LogP contribution in [0.4, 0.5) is 0 Å². The Hall–Kier alpha value is -3.42. The van der Waals surface area contributed by atoms with Gasteiger partial charge >= 0.3 is 17.9 Å². The van der Waals surface area contributed by atoms with Crippen molar-refractivity contribution >= 4 is 35.7 Å². The maximum atomic E-state index is 12.3. The molecular formula is C15H26N6O8. The van der Waals surface area contributed by atoms with Crippen molar-refractivity contribution in [1.29, 1.82) is 0 Å². The number of carboxylic acid groups (broad SMARTS) is 3. The lowest BCUT2D eigenvalue weighted by Gasteiger charge is -2.21. The number of hydrogen-bond acceptors (Lipinski definition) is 7. The van der Waals surface area contributed by atoms with Crippen molar-refractivity contribution in [3.8, 4) is 0 Å². The van der Waals surface area contributed by atoms with E-state index < -0.39 is 60.7 Å². The average molecular weight is 418 g/mol. The number of aliphatic imine (C=N–C) groups is 1. The van der Waals surface area contributed by atoms with E-state index in [2.05, 4.69) is 15.6 Å². The van der Waals surface area contributed by atoms with Crippen LogP contribution in [0.15, 0.2) is 4.99 Å². The Balaban J connectivity index is 4.99. The van der Waals surface area contributed by atoms with Crippen LogP contribution in [0.3, 0.4) is 0 Å². The summed E-state index contributed by atoms with van der Waals surface area (Å²) in [6, 6.07) is -4.26. The van der Waals surface area contributed by atoms with Crippen molar-refractivity contribution in [3.63, 3.8) is 0 Å². The number of carbonyl (C=O) groups excluding carboxylic acids is 2. The van der Waals surface area contributed by atoms with Crippen LogP contribution in [0.25, 0.3) is 0 Å². The van der Waals surface area contributed by atoms with E-state index >= 15 is 0 Å². The van der Waals surface area contributed by atoms with E-state index in [1.807, 2.05) is 0 Å². The van der Waals surface area contributed by atoms with Crippen molar-refractivity contribution in [1.82, 2.24) is 10.6 Å². The molecular weight excluding hydrogens is 392 g/mol. The zero-order valence-corrected chi connectivity index (χ0v) is 15.5. The topological polar surface area (TPSA) is 261 Å². The molecule has 0 radical (unpaired) electrons. The molecule has 0 saturated carbocycles. The first-order valence-corrected chi connectivity index (χ1v) is 8.52. The minimum absolute atomic E-state index is 0.0519. The molecule has 0 fully saturated rings. The van der Waals surface area contributed by atoms with Gasteiger partial charge in [0.15, 0.2) is 5.96 Å². The predicted molar refractivity (Wildman–Crippen MR) is 98.5 cm³/mol. The number of rotatable bonds is 14. The highest BCUT2D eigenvalue weighted by molar-refractivity contribution is 5.94. The molecule has 0 heterocycles. The number of carboxylic acids is 3. The first kappa shape index (κ1) is 25.6. The lowest BCUT2D eigenvalue weighted by molar-refractivity contribution is -0.143. The molecule has 11 N–H and O–H groups in total. The van der Waals surface area contributed by atoms with Gasteiger partial charge in [-0.2, -0.15) is 0 Å². The van der Waals surface area contributed by atoms with E-state index in [1.54, 1.807) is 0 Å². The van der Waals surface area contributed by atoms with Crippen molar-refractivity contribution in [2.24, 2.45) is 22.2 Å². The molecule has 0 aliphatic rings. The first-order chi connectivity index (χ1) is 13.4. The lowest BCUT2D eigenvalue weighted by atomic mass is 10.1. The van der Waals surface area contributed by atoms with Crippen molar-refractivity contribution in [3.05, 3.63) is 0 Å². The summed E-state index contributed by atoms with van der Waals surface area (Å²) in [7, 11) is 0. The smallest absolute Gasteiger partial charge is 0.326 e. The Bertz CT molecular complexity index is 649. The van der Waals surface area contributed by atoms with Crippen LogP contribution in [0.1, 0.15) is 32.1 Å². The highest BCUT2D eigenvalue weighted by Gasteiger charge is 2.29. The molecule has 0 saturated heterocycles. The SMILES string of the molecule is NC(N)=NCCCC(NC(=O)C(CC(=O)O)NC(=O)C(N)CCC(=O)O)C(=O)O. The average Bonchev–Trinajstić information content (AvgIpc) is 2.60. The van der Waals surface area contributed by atoms with Crippen molar-refractivity contribution in [2.75, 3.05) is 6.54 Å². The van der Waals surface area contributed by atoms with Gasteiger partial charge in [0.25, 0.3) is 0 Å². The van der Waals surface area contributed by atoms with Crippen LogP contribution < -0.4 is 27.8 Å². The quantitative estimate of drug-likeness (QED) is 0.0789. The zero-order valence-electron chi connectivity index (χ0n) is 15.5. The minimum atomic E-state index is -1.60. The summed E-state index contributed by atoms with van der Waals surface area (Å²) < 4.78 is 0. The number of hydrogen-bond donors (Lipinski definition) is 8. The van der Waals surface area contributed by atoms with E-state index in [-0.39, 0.29) is 31.8 Å². The van der Waals surface area contributed by atoms with Gasteiger partial charge in [0.1, 0.15) is 12.1 Å². The van der Waals surface area contributed by atoms with Crippen molar-refractivity contribution < 1.29 is 39.3 Å². The maximum absolute atomic E-state index is 12.3. The fourth-order valence-corrected chi connectivity index (χ4v) is 2.11. The third-order valence-corrected chi connectivity index (χ3v) is 3.58. The van der Waals surface area contributed by atoms with Crippen LogP contribution in [0.2, 0.25) is 0 Å². The zero-order chi connectivity index (χ0) is 22.6. The third kappa shape index (κ3) is 11.8. The van der Waals surface area contributed by atoms with Crippen molar-refractivity contribution in [2.45, 2.75) is 50.2 Å². The van der Waals surface area contributed by atoms with Gasteiger partial charge in [0, 0.05) is 13.0 Å². The van der Waals surface area contributed by atoms with E-state index in [4.69, 9.17) is 27.4 Å². The van der Waals surface area contributed by atoms with Crippen LogP contribution in [0.5, 0.6) is 0 Å². The molecule has 29 heavy (non-hydrogen) atoms. The molecule has 3 unspecified atom stereocenters. The highest BCUT2D eigenvalue weighted by atomic mass is 16.4. The van der Waals surface area contributed by atoms with Crippen LogP contribution >= 0.6 is 0 Å². The second-order valence-corrected chi connectivity index (χ2v) is 6.05. The van der Waals surface area contributed by atoms with Gasteiger partial charge in [0.05, 0.1) is 12.5 Å². The molecule has 2 amide bonds.